The van der Waals surface area contributed by atoms with Gasteiger partial charge in [-0.3, -0.25) is 19.6 Å². The van der Waals surface area contributed by atoms with E-state index in [1.807, 2.05) is 19.1 Å². The average molecular weight is 415 g/mol. The molecule has 2 heterocycles. The Morgan fingerprint density at radius 1 is 1.13 bits per heavy atom. The van der Waals surface area contributed by atoms with Crippen LogP contribution in [0.5, 0.6) is 11.5 Å². The Bertz CT molecular complexity index is 874. The minimum atomic E-state index is -0.101. The molecule has 9 nitrogen and oxygen atoms in total. The molecule has 9 heteroatoms. The minimum absolute atomic E-state index is 0.0308. The highest BCUT2D eigenvalue weighted by molar-refractivity contribution is 5.93. The number of aromatic amines is 1. The summed E-state index contributed by atoms with van der Waals surface area (Å²) in [5, 5.41) is 10.0. The van der Waals surface area contributed by atoms with Gasteiger partial charge in [-0.2, -0.15) is 5.10 Å². The Morgan fingerprint density at radius 3 is 2.57 bits per heavy atom. The number of amides is 2. The third-order valence-electron chi connectivity index (χ3n) is 5.09. The molecule has 3 rings (SSSR count). The van der Waals surface area contributed by atoms with E-state index in [2.05, 4.69) is 20.4 Å². The Balaban J connectivity index is 1.60. The molecule has 0 radical (unpaired) electrons. The summed E-state index contributed by atoms with van der Waals surface area (Å²) in [6, 6.07) is 7.19. The normalized spacial score (nSPS) is 14.4. The monoisotopic (exact) mass is 415 g/mol. The number of hydrogen-bond donors (Lipinski definition) is 2. The van der Waals surface area contributed by atoms with Gasteiger partial charge in [0, 0.05) is 44.4 Å². The van der Waals surface area contributed by atoms with E-state index in [0.29, 0.717) is 62.2 Å². The van der Waals surface area contributed by atoms with Crippen LogP contribution >= 0.6 is 0 Å². The SMILES string of the molecule is CCCNC(=O)CN1CCN(C(=O)c2cc(-c3ccc(OC)cc3OC)n[nH]2)CC1. The number of ether oxygens (including phenoxy) is 2. The molecule has 0 bridgehead atoms. The molecule has 0 saturated carbocycles. The van der Waals surface area contributed by atoms with Gasteiger partial charge in [-0.1, -0.05) is 6.92 Å². The topological polar surface area (TPSA) is 99.8 Å². The van der Waals surface area contributed by atoms with Crippen molar-refractivity contribution < 1.29 is 19.1 Å². The van der Waals surface area contributed by atoms with E-state index in [-0.39, 0.29) is 11.8 Å². The largest absolute Gasteiger partial charge is 0.497 e. The molecule has 1 aliphatic heterocycles. The maximum absolute atomic E-state index is 12.9. The van der Waals surface area contributed by atoms with Crippen molar-refractivity contribution in [2.45, 2.75) is 13.3 Å². The number of aromatic nitrogens is 2. The quantitative estimate of drug-likeness (QED) is 0.676. The van der Waals surface area contributed by atoms with Gasteiger partial charge in [0.1, 0.15) is 17.2 Å². The number of carbonyl (C=O) groups is 2. The van der Waals surface area contributed by atoms with Crippen LogP contribution in [-0.2, 0) is 4.79 Å². The van der Waals surface area contributed by atoms with Gasteiger partial charge in [-0.15, -0.1) is 0 Å². The van der Waals surface area contributed by atoms with E-state index in [1.165, 1.54) is 0 Å². The van der Waals surface area contributed by atoms with Crippen LogP contribution in [0.1, 0.15) is 23.8 Å². The number of piperazine rings is 1. The van der Waals surface area contributed by atoms with Crippen LogP contribution in [0.25, 0.3) is 11.3 Å². The smallest absolute Gasteiger partial charge is 0.271 e. The van der Waals surface area contributed by atoms with E-state index in [0.717, 1.165) is 12.0 Å². The van der Waals surface area contributed by atoms with Gasteiger partial charge in [-0.25, -0.2) is 0 Å². The number of benzene rings is 1. The molecule has 0 spiro atoms. The molecule has 2 aromatic rings. The first-order chi connectivity index (χ1) is 14.5. The second kappa shape index (κ2) is 10.1. The van der Waals surface area contributed by atoms with Crippen LogP contribution in [0.15, 0.2) is 24.3 Å². The number of nitrogens with zero attached hydrogens (tertiary/aromatic N) is 3. The second-order valence-corrected chi connectivity index (χ2v) is 7.15. The third kappa shape index (κ3) is 5.10. The maximum Gasteiger partial charge on any atom is 0.271 e. The van der Waals surface area contributed by atoms with Gasteiger partial charge in [0.2, 0.25) is 5.91 Å². The standard InChI is InChI=1S/C21H29N5O4/c1-4-7-22-20(27)14-25-8-10-26(11-9-25)21(28)18-13-17(23-24-18)16-6-5-15(29-2)12-19(16)30-3/h5-6,12-13H,4,7-11,14H2,1-3H3,(H,22,27)(H,23,24). The van der Waals surface area contributed by atoms with Crippen LogP contribution in [0.4, 0.5) is 0 Å². The highest BCUT2D eigenvalue weighted by atomic mass is 16.5. The van der Waals surface area contributed by atoms with Crippen LogP contribution in [0.3, 0.4) is 0 Å². The maximum atomic E-state index is 12.9. The first-order valence-electron chi connectivity index (χ1n) is 10.1. The minimum Gasteiger partial charge on any atom is -0.497 e. The molecular weight excluding hydrogens is 386 g/mol. The number of methoxy groups -OCH3 is 2. The van der Waals surface area contributed by atoms with Gasteiger partial charge in [-0.05, 0) is 24.6 Å². The number of hydrogen-bond acceptors (Lipinski definition) is 6. The summed E-state index contributed by atoms with van der Waals surface area (Å²) < 4.78 is 10.7. The number of rotatable bonds is 8. The van der Waals surface area contributed by atoms with E-state index >= 15 is 0 Å². The molecule has 0 aliphatic carbocycles. The fourth-order valence-corrected chi connectivity index (χ4v) is 3.38. The lowest BCUT2D eigenvalue weighted by molar-refractivity contribution is -0.122. The molecule has 2 N–H and O–H groups in total. The Kier molecular flexibility index (Phi) is 7.29. The third-order valence-corrected chi connectivity index (χ3v) is 5.09. The van der Waals surface area contributed by atoms with E-state index in [1.54, 1.807) is 31.3 Å². The number of nitrogens with one attached hydrogen (secondary N) is 2. The van der Waals surface area contributed by atoms with Crippen molar-refractivity contribution in [1.82, 2.24) is 25.3 Å². The average Bonchev–Trinajstić information content (AvgIpc) is 3.27. The highest BCUT2D eigenvalue weighted by Gasteiger charge is 2.25. The van der Waals surface area contributed by atoms with Crippen molar-refractivity contribution in [2.75, 3.05) is 53.5 Å². The highest BCUT2D eigenvalue weighted by Crippen LogP contribution is 2.32. The summed E-state index contributed by atoms with van der Waals surface area (Å²) in [5.74, 6) is 1.23. The summed E-state index contributed by atoms with van der Waals surface area (Å²) in [7, 11) is 3.18. The lowest BCUT2D eigenvalue weighted by Gasteiger charge is -2.34. The van der Waals surface area contributed by atoms with Crippen molar-refractivity contribution >= 4 is 11.8 Å². The summed E-state index contributed by atoms with van der Waals surface area (Å²) >= 11 is 0. The Morgan fingerprint density at radius 2 is 1.90 bits per heavy atom. The van der Waals surface area contributed by atoms with E-state index in [4.69, 9.17) is 9.47 Å². The van der Waals surface area contributed by atoms with Gasteiger partial charge < -0.3 is 19.7 Å². The summed E-state index contributed by atoms with van der Waals surface area (Å²) in [6.07, 6.45) is 0.919. The summed E-state index contributed by atoms with van der Waals surface area (Å²) in [4.78, 5) is 28.6. The fraction of sp³-hybridized carbons (Fsp3) is 0.476. The molecule has 1 fully saturated rings. The first-order valence-corrected chi connectivity index (χ1v) is 10.1. The molecular formula is C21H29N5O4. The summed E-state index contributed by atoms with van der Waals surface area (Å²) in [6.45, 7) is 5.56. The van der Waals surface area contributed by atoms with Crippen molar-refractivity contribution in [3.8, 4) is 22.8 Å². The predicted molar refractivity (Wildman–Crippen MR) is 113 cm³/mol. The molecule has 162 valence electrons. The number of H-pyrrole nitrogens is 1. The second-order valence-electron chi connectivity index (χ2n) is 7.15. The molecule has 30 heavy (non-hydrogen) atoms. The summed E-state index contributed by atoms with van der Waals surface area (Å²) in [5.41, 5.74) is 1.83. The van der Waals surface area contributed by atoms with Crippen molar-refractivity contribution in [1.29, 1.82) is 0 Å². The van der Waals surface area contributed by atoms with Crippen molar-refractivity contribution in [3.63, 3.8) is 0 Å². The zero-order valence-corrected chi connectivity index (χ0v) is 17.7. The number of carbonyl (C=O) groups excluding carboxylic acids is 2. The molecule has 0 unspecified atom stereocenters. The zero-order valence-electron chi connectivity index (χ0n) is 17.7. The van der Waals surface area contributed by atoms with E-state index < -0.39 is 0 Å². The molecule has 2 amide bonds. The lowest BCUT2D eigenvalue weighted by atomic mass is 10.1. The molecule has 1 aromatic carbocycles. The molecule has 1 saturated heterocycles. The Hall–Kier alpha value is -3.07. The molecule has 1 aromatic heterocycles. The predicted octanol–water partition coefficient (Wildman–Crippen LogP) is 1.38. The van der Waals surface area contributed by atoms with Crippen LogP contribution < -0.4 is 14.8 Å². The van der Waals surface area contributed by atoms with Crippen molar-refractivity contribution in [3.05, 3.63) is 30.0 Å². The van der Waals surface area contributed by atoms with Crippen LogP contribution in [0.2, 0.25) is 0 Å². The molecule has 1 aliphatic rings. The van der Waals surface area contributed by atoms with Gasteiger partial charge >= 0.3 is 0 Å². The first kappa shape index (κ1) is 21.6. The van der Waals surface area contributed by atoms with Crippen LogP contribution in [0, 0.1) is 0 Å². The zero-order chi connectivity index (χ0) is 21.5. The van der Waals surface area contributed by atoms with E-state index in [9.17, 15) is 9.59 Å². The van der Waals surface area contributed by atoms with Gasteiger partial charge in [0.15, 0.2) is 0 Å². The molecule has 0 atom stereocenters. The lowest BCUT2D eigenvalue weighted by Crippen LogP contribution is -2.51. The van der Waals surface area contributed by atoms with Gasteiger partial charge in [0.05, 0.1) is 26.5 Å². The van der Waals surface area contributed by atoms with Gasteiger partial charge in [0.25, 0.3) is 5.91 Å². The Labute approximate surface area is 176 Å². The van der Waals surface area contributed by atoms with Crippen molar-refractivity contribution in [2.24, 2.45) is 0 Å². The fourth-order valence-electron chi connectivity index (χ4n) is 3.38. The van der Waals surface area contributed by atoms with Crippen LogP contribution in [-0.4, -0.2) is 85.3 Å².